The third kappa shape index (κ3) is 4.82. The molecule has 5 nitrogen and oxygen atoms in total. The zero-order chi connectivity index (χ0) is 12.8. The number of nitrogens with one attached hydrogen (secondary N) is 2. The van der Waals surface area contributed by atoms with Crippen LogP contribution < -0.4 is 10.6 Å². The molecular formula is C12H24ClN3O2. The van der Waals surface area contributed by atoms with Crippen LogP contribution in [-0.2, 0) is 9.59 Å². The first-order valence-corrected chi connectivity index (χ1v) is 6.23. The Kier molecular flexibility index (Phi) is 7.95. The van der Waals surface area contributed by atoms with E-state index in [1.165, 1.54) is 0 Å². The molecule has 1 fully saturated rings. The highest BCUT2D eigenvalue weighted by atomic mass is 35.5. The topological polar surface area (TPSA) is 61.4 Å². The molecule has 6 heteroatoms. The summed E-state index contributed by atoms with van der Waals surface area (Å²) in [6, 6.07) is 0. The number of halogens is 1. The van der Waals surface area contributed by atoms with Gasteiger partial charge in [0.1, 0.15) is 0 Å². The molecule has 2 unspecified atom stereocenters. The second-order valence-corrected chi connectivity index (χ2v) is 4.78. The first-order valence-electron chi connectivity index (χ1n) is 6.23. The van der Waals surface area contributed by atoms with Gasteiger partial charge in [0.15, 0.2) is 0 Å². The van der Waals surface area contributed by atoms with E-state index < -0.39 is 0 Å². The molecule has 0 aromatic rings. The second-order valence-electron chi connectivity index (χ2n) is 4.78. The van der Waals surface area contributed by atoms with Gasteiger partial charge in [-0.05, 0) is 19.4 Å². The fourth-order valence-electron chi connectivity index (χ4n) is 2.20. The number of carbonyl (C=O) groups excluding carboxylic acids is 2. The van der Waals surface area contributed by atoms with Gasteiger partial charge in [0.05, 0.1) is 11.8 Å². The lowest BCUT2D eigenvalue weighted by atomic mass is 9.98. The van der Waals surface area contributed by atoms with Crippen molar-refractivity contribution >= 4 is 24.2 Å². The van der Waals surface area contributed by atoms with E-state index in [2.05, 4.69) is 10.6 Å². The predicted molar refractivity (Wildman–Crippen MR) is 73.7 cm³/mol. The number of rotatable bonds is 4. The fourth-order valence-corrected chi connectivity index (χ4v) is 2.20. The van der Waals surface area contributed by atoms with Gasteiger partial charge in [-0.1, -0.05) is 6.92 Å². The zero-order valence-electron chi connectivity index (χ0n) is 11.4. The van der Waals surface area contributed by atoms with Gasteiger partial charge >= 0.3 is 0 Å². The molecule has 0 saturated carbocycles. The molecule has 0 spiro atoms. The number of hydrogen-bond donors (Lipinski definition) is 2. The Morgan fingerprint density at radius 2 is 2.17 bits per heavy atom. The van der Waals surface area contributed by atoms with Crippen molar-refractivity contribution < 1.29 is 9.59 Å². The molecule has 2 N–H and O–H groups in total. The minimum absolute atomic E-state index is 0. The lowest BCUT2D eigenvalue weighted by Gasteiger charge is -2.28. The summed E-state index contributed by atoms with van der Waals surface area (Å²) in [6.45, 7) is 4.08. The van der Waals surface area contributed by atoms with Gasteiger partial charge < -0.3 is 15.5 Å². The summed E-state index contributed by atoms with van der Waals surface area (Å²) < 4.78 is 0. The van der Waals surface area contributed by atoms with Crippen LogP contribution in [0.5, 0.6) is 0 Å². The van der Waals surface area contributed by atoms with Crippen LogP contribution in [-0.4, -0.2) is 50.4 Å². The van der Waals surface area contributed by atoms with E-state index in [9.17, 15) is 9.59 Å². The highest BCUT2D eigenvalue weighted by Crippen LogP contribution is 2.13. The van der Waals surface area contributed by atoms with Crippen LogP contribution in [0.3, 0.4) is 0 Å². The van der Waals surface area contributed by atoms with E-state index in [4.69, 9.17) is 0 Å². The van der Waals surface area contributed by atoms with Gasteiger partial charge in [-0.3, -0.25) is 9.59 Å². The van der Waals surface area contributed by atoms with Crippen LogP contribution >= 0.6 is 12.4 Å². The lowest BCUT2D eigenvalue weighted by Crippen LogP contribution is -2.44. The smallest absolute Gasteiger partial charge is 0.226 e. The first-order chi connectivity index (χ1) is 8.06. The molecule has 106 valence electrons. The van der Waals surface area contributed by atoms with Crippen molar-refractivity contribution in [2.75, 3.05) is 33.7 Å². The molecule has 1 heterocycles. The van der Waals surface area contributed by atoms with Crippen LogP contribution in [0.4, 0.5) is 0 Å². The second kappa shape index (κ2) is 8.32. The molecule has 0 aromatic carbocycles. The van der Waals surface area contributed by atoms with E-state index in [1.807, 2.05) is 6.92 Å². The Bertz CT molecular complexity index is 280. The Morgan fingerprint density at radius 3 is 2.67 bits per heavy atom. The van der Waals surface area contributed by atoms with Gasteiger partial charge in [-0.2, -0.15) is 0 Å². The summed E-state index contributed by atoms with van der Waals surface area (Å²) >= 11 is 0. The standard InChI is InChI=1S/C12H23N3O2.ClH/c1-9(11(16)13-2)8-15(3)12(17)10-5-4-6-14-7-10;/h9-10,14H,4-8H2,1-3H3,(H,13,16);1H. The number of hydrogen-bond acceptors (Lipinski definition) is 3. The minimum Gasteiger partial charge on any atom is -0.359 e. The Balaban J connectivity index is 0.00000289. The Labute approximate surface area is 115 Å². The molecule has 0 aliphatic carbocycles. The summed E-state index contributed by atoms with van der Waals surface area (Å²) in [7, 11) is 3.39. The SMILES string of the molecule is CNC(=O)C(C)CN(C)C(=O)C1CCCNC1.Cl. The molecule has 1 rings (SSSR count). The summed E-state index contributed by atoms with van der Waals surface area (Å²) in [4.78, 5) is 25.2. The van der Waals surface area contributed by atoms with Crippen LogP contribution in [0.1, 0.15) is 19.8 Å². The monoisotopic (exact) mass is 277 g/mol. The molecule has 1 aliphatic heterocycles. The van der Waals surface area contributed by atoms with E-state index in [0.717, 1.165) is 25.9 Å². The number of amides is 2. The first kappa shape index (κ1) is 17.2. The molecule has 18 heavy (non-hydrogen) atoms. The number of carbonyl (C=O) groups is 2. The van der Waals surface area contributed by atoms with Gasteiger partial charge in [0.2, 0.25) is 11.8 Å². The molecular weight excluding hydrogens is 254 g/mol. The van der Waals surface area contributed by atoms with Crippen molar-refractivity contribution in [2.24, 2.45) is 11.8 Å². The fraction of sp³-hybridized carbons (Fsp3) is 0.833. The van der Waals surface area contributed by atoms with Crippen molar-refractivity contribution in [1.82, 2.24) is 15.5 Å². The van der Waals surface area contributed by atoms with Crippen LogP contribution in [0.2, 0.25) is 0 Å². The maximum absolute atomic E-state index is 12.1. The normalized spacial score (nSPS) is 20.5. The van der Waals surface area contributed by atoms with E-state index in [-0.39, 0.29) is 36.1 Å². The number of piperidine rings is 1. The molecule has 0 radical (unpaired) electrons. The molecule has 1 aliphatic rings. The molecule has 0 bridgehead atoms. The Morgan fingerprint density at radius 1 is 1.50 bits per heavy atom. The van der Waals surface area contributed by atoms with Crippen molar-refractivity contribution in [3.05, 3.63) is 0 Å². The minimum atomic E-state index is -0.162. The van der Waals surface area contributed by atoms with Gasteiger partial charge in [-0.25, -0.2) is 0 Å². The van der Waals surface area contributed by atoms with Crippen molar-refractivity contribution in [3.63, 3.8) is 0 Å². The summed E-state index contributed by atoms with van der Waals surface area (Å²) in [5, 5.41) is 5.83. The van der Waals surface area contributed by atoms with Gasteiger partial charge in [-0.15, -0.1) is 12.4 Å². The summed E-state index contributed by atoms with van der Waals surface area (Å²) in [5.41, 5.74) is 0. The maximum atomic E-state index is 12.1. The third-order valence-electron chi connectivity index (χ3n) is 3.26. The van der Waals surface area contributed by atoms with Crippen molar-refractivity contribution in [1.29, 1.82) is 0 Å². The Hall–Kier alpha value is -0.810. The highest BCUT2D eigenvalue weighted by molar-refractivity contribution is 5.85. The highest BCUT2D eigenvalue weighted by Gasteiger charge is 2.25. The quantitative estimate of drug-likeness (QED) is 0.774. The lowest BCUT2D eigenvalue weighted by molar-refractivity contribution is -0.136. The van der Waals surface area contributed by atoms with E-state index in [1.54, 1.807) is 19.0 Å². The van der Waals surface area contributed by atoms with E-state index in [0.29, 0.717) is 6.54 Å². The molecule has 2 amide bonds. The van der Waals surface area contributed by atoms with Crippen molar-refractivity contribution in [3.8, 4) is 0 Å². The third-order valence-corrected chi connectivity index (χ3v) is 3.26. The average molecular weight is 278 g/mol. The van der Waals surface area contributed by atoms with E-state index >= 15 is 0 Å². The molecule has 0 aromatic heterocycles. The average Bonchev–Trinajstić information content (AvgIpc) is 2.37. The van der Waals surface area contributed by atoms with Crippen LogP contribution in [0, 0.1) is 11.8 Å². The van der Waals surface area contributed by atoms with Gasteiger partial charge in [0.25, 0.3) is 0 Å². The van der Waals surface area contributed by atoms with Crippen molar-refractivity contribution in [2.45, 2.75) is 19.8 Å². The predicted octanol–water partition coefficient (Wildman–Crippen LogP) is 0.248. The summed E-state index contributed by atoms with van der Waals surface area (Å²) in [6.07, 6.45) is 2.00. The van der Waals surface area contributed by atoms with Crippen LogP contribution in [0.25, 0.3) is 0 Å². The van der Waals surface area contributed by atoms with Crippen LogP contribution in [0.15, 0.2) is 0 Å². The zero-order valence-corrected chi connectivity index (χ0v) is 12.2. The maximum Gasteiger partial charge on any atom is 0.226 e. The summed E-state index contributed by atoms with van der Waals surface area (Å²) in [5.74, 6) is 0.0375. The number of nitrogens with zero attached hydrogens (tertiary/aromatic N) is 1. The van der Waals surface area contributed by atoms with Gasteiger partial charge in [0, 0.05) is 27.2 Å². The molecule has 1 saturated heterocycles. The largest absolute Gasteiger partial charge is 0.359 e. The molecule has 2 atom stereocenters.